The van der Waals surface area contributed by atoms with Crippen molar-refractivity contribution < 1.29 is 0 Å². The lowest BCUT2D eigenvalue weighted by atomic mass is 10.3. The highest BCUT2D eigenvalue weighted by Gasteiger charge is 1.96. The zero-order valence-corrected chi connectivity index (χ0v) is 9.68. The van der Waals surface area contributed by atoms with E-state index in [9.17, 15) is 0 Å². The van der Waals surface area contributed by atoms with Crippen LogP contribution in [0.5, 0.6) is 0 Å². The average molecular weight is 267 g/mol. The third-order valence-electron chi connectivity index (χ3n) is 2.00. The summed E-state index contributed by atoms with van der Waals surface area (Å²) in [6, 6.07) is 8.04. The molecule has 0 fully saturated rings. The van der Waals surface area contributed by atoms with Crippen LogP contribution in [0.1, 0.15) is 0 Å². The molecule has 0 amide bonds. The molecule has 1 N–H and O–H groups in total. The van der Waals surface area contributed by atoms with Crippen molar-refractivity contribution in [3.05, 3.63) is 41.4 Å². The number of nitrogens with zero attached hydrogens (tertiary/aromatic N) is 3. The Kier molecular flexibility index (Phi) is 3.34. The van der Waals surface area contributed by atoms with Crippen LogP contribution in [0.4, 0.5) is 5.69 Å². The molecule has 1 aromatic heterocycles. The highest BCUT2D eigenvalue weighted by molar-refractivity contribution is 9.10. The molecular weight excluding hydrogens is 256 g/mol. The number of hydrogen-bond donors (Lipinski definition) is 1. The molecule has 0 aliphatic carbocycles. The molecule has 0 unspecified atom stereocenters. The number of aromatic nitrogens is 3. The Bertz CT molecular complexity index is 413. The van der Waals surface area contributed by atoms with Crippen LogP contribution in [-0.4, -0.2) is 21.3 Å². The van der Waals surface area contributed by atoms with E-state index in [2.05, 4.69) is 31.3 Å². The second kappa shape index (κ2) is 4.93. The Hall–Kier alpha value is -1.36. The number of para-hydroxylation sites is 1. The smallest absolute Gasteiger partial charge is 0.137 e. The van der Waals surface area contributed by atoms with Gasteiger partial charge >= 0.3 is 0 Å². The Morgan fingerprint density at radius 3 is 2.93 bits per heavy atom. The standard InChI is InChI=1S/C10H11BrN4/c11-9-3-1-2-4-10(9)13-5-6-15-8-12-7-14-15/h1-4,7-8,13H,5-6H2. The summed E-state index contributed by atoms with van der Waals surface area (Å²) in [4.78, 5) is 3.88. The maximum Gasteiger partial charge on any atom is 0.137 e. The molecule has 2 aromatic rings. The molecule has 0 aliphatic heterocycles. The van der Waals surface area contributed by atoms with Gasteiger partial charge in [0.25, 0.3) is 0 Å². The van der Waals surface area contributed by atoms with Gasteiger partial charge in [0.15, 0.2) is 0 Å². The Morgan fingerprint density at radius 1 is 1.33 bits per heavy atom. The van der Waals surface area contributed by atoms with Gasteiger partial charge in [-0.1, -0.05) is 12.1 Å². The van der Waals surface area contributed by atoms with Crippen molar-refractivity contribution in [1.29, 1.82) is 0 Å². The molecule has 4 nitrogen and oxygen atoms in total. The topological polar surface area (TPSA) is 42.7 Å². The van der Waals surface area contributed by atoms with E-state index < -0.39 is 0 Å². The van der Waals surface area contributed by atoms with Crippen LogP contribution in [0.2, 0.25) is 0 Å². The fraction of sp³-hybridized carbons (Fsp3) is 0.200. The van der Waals surface area contributed by atoms with E-state index in [1.807, 2.05) is 24.3 Å². The maximum absolute atomic E-state index is 4.02. The molecule has 15 heavy (non-hydrogen) atoms. The Morgan fingerprint density at radius 2 is 2.20 bits per heavy atom. The van der Waals surface area contributed by atoms with Crippen LogP contribution >= 0.6 is 15.9 Å². The zero-order valence-electron chi connectivity index (χ0n) is 8.10. The minimum atomic E-state index is 0.807. The van der Waals surface area contributed by atoms with Crippen LogP contribution in [0.15, 0.2) is 41.4 Å². The SMILES string of the molecule is Brc1ccccc1NCCn1cncn1. The molecule has 0 aliphatic rings. The van der Waals surface area contributed by atoms with Gasteiger partial charge in [0.2, 0.25) is 0 Å². The number of benzene rings is 1. The van der Waals surface area contributed by atoms with Crippen LogP contribution in [-0.2, 0) is 6.54 Å². The monoisotopic (exact) mass is 266 g/mol. The summed E-state index contributed by atoms with van der Waals surface area (Å²) in [6.07, 6.45) is 3.25. The van der Waals surface area contributed by atoms with Gasteiger partial charge in [-0.25, -0.2) is 4.98 Å². The fourth-order valence-electron chi connectivity index (χ4n) is 1.26. The first kappa shape index (κ1) is 10.2. The largest absolute Gasteiger partial charge is 0.382 e. The molecule has 0 spiro atoms. The van der Waals surface area contributed by atoms with Gasteiger partial charge in [-0.05, 0) is 28.1 Å². The zero-order chi connectivity index (χ0) is 10.5. The highest BCUT2D eigenvalue weighted by atomic mass is 79.9. The number of halogens is 1. The van der Waals surface area contributed by atoms with Crippen LogP contribution in [0.25, 0.3) is 0 Å². The summed E-state index contributed by atoms with van der Waals surface area (Å²) in [5, 5.41) is 7.34. The Balaban J connectivity index is 1.86. The molecule has 0 bridgehead atoms. The molecule has 0 saturated carbocycles. The quantitative estimate of drug-likeness (QED) is 0.923. The lowest BCUT2D eigenvalue weighted by Gasteiger charge is -2.07. The van der Waals surface area contributed by atoms with Gasteiger partial charge in [0.05, 0.1) is 6.54 Å². The predicted molar refractivity (Wildman–Crippen MR) is 62.7 cm³/mol. The highest BCUT2D eigenvalue weighted by Crippen LogP contribution is 2.20. The lowest BCUT2D eigenvalue weighted by Crippen LogP contribution is -2.10. The van der Waals surface area contributed by atoms with Crippen molar-refractivity contribution in [3.63, 3.8) is 0 Å². The van der Waals surface area contributed by atoms with Crippen LogP contribution < -0.4 is 5.32 Å². The van der Waals surface area contributed by atoms with Crippen molar-refractivity contribution in [2.45, 2.75) is 6.54 Å². The molecule has 1 aromatic carbocycles. The lowest BCUT2D eigenvalue weighted by molar-refractivity contribution is 0.636. The van der Waals surface area contributed by atoms with E-state index >= 15 is 0 Å². The van der Waals surface area contributed by atoms with Crippen LogP contribution in [0, 0.1) is 0 Å². The maximum atomic E-state index is 4.02. The van der Waals surface area contributed by atoms with E-state index in [0.717, 1.165) is 23.2 Å². The van der Waals surface area contributed by atoms with Crippen molar-refractivity contribution in [3.8, 4) is 0 Å². The summed E-state index contributed by atoms with van der Waals surface area (Å²) in [6.45, 7) is 1.63. The summed E-state index contributed by atoms with van der Waals surface area (Å²) < 4.78 is 2.87. The fourth-order valence-corrected chi connectivity index (χ4v) is 1.68. The summed E-state index contributed by atoms with van der Waals surface area (Å²) >= 11 is 3.48. The average Bonchev–Trinajstić information content (AvgIpc) is 2.74. The van der Waals surface area contributed by atoms with Crippen molar-refractivity contribution >= 4 is 21.6 Å². The molecular formula is C10H11BrN4. The van der Waals surface area contributed by atoms with Gasteiger partial charge in [-0.2, -0.15) is 5.10 Å². The predicted octanol–water partition coefficient (Wildman–Crippen LogP) is 2.15. The molecule has 5 heteroatoms. The number of rotatable bonds is 4. The first-order chi connectivity index (χ1) is 7.36. The number of hydrogen-bond acceptors (Lipinski definition) is 3. The molecule has 0 radical (unpaired) electrons. The Labute approximate surface area is 96.5 Å². The van der Waals surface area contributed by atoms with Gasteiger partial charge in [0, 0.05) is 16.7 Å². The summed E-state index contributed by atoms with van der Waals surface area (Å²) in [5.41, 5.74) is 1.10. The van der Waals surface area contributed by atoms with E-state index in [1.54, 1.807) is 17.3 Å². The summed E-state index contributed by atoms with van der Waals surface area (Å²) in [7, 11) is 0. The van der Waals surface area contributed by atoms with E-state index in [0.29, 0.717) is 0 Å². The van der Waals surface area contributed by atoms with Gasteiger partial charge < -0.3 is 5.32 Å². The first-order valence-corrected chi connectivity index (χ1v) is 5.46. The minimum Gasteiger partial charge on any atom is -0.382 e. The van der Waals surface area contributed by atoms with E-state index in [4.69, 9.17) is 0 Å². The molecule has 1 heterocycles. The second-order valence-electron chi connectivity index (χ2n) is 3.07. The minimum absolute atomic E-state index is 0.807. The van der Waals surface area contributed by atoms with Gasteiger partial charge in [0.1, 0.15) is 12.7 Å². The van der Waals surface area contributed by atoms with Crippen molar-refractivity contribution in [1.82, 2.24) is 14.8 Å². The van der Waals surface area contributed by atoms with E-state index in [-0.39, 0.29) is 0 Å². The normalized spacial score (nSPS) is 10.2. The third-order valence-corrected chi connectivity index (χ3v) is 2.69. The summed E-state index contributed by atoms with van der Waals surface area (Å²) in [5.74, 6) is 0. The van der Waals surface area contributed by atoms with E-state index in [1.165, 1.54) is 0 Å². The van der Waals surface area contributed by atoms with Crippen molar-refractivity contribution in [2.75, 3.05) is 11.9 Å². The third kappa shape index (κ3) is 2.79. The molecule has 0 saturated heterocycles. The number of nitrogens with one attached hydrogen (secondary N) is 1. The van der Waals surface area contributed by atoms with Gasteiger partial charge in [-0.3, -0.25) is 4.68 Å². The first-order valence-electron chi connectivity index (χ1n) is 4.67. The number of anilines is 1. The molecule has 78 valence electrons. The molecule has 0 atom stereocenters. The second-order valence-corrected chi connectivity index (χ2v) is 3.92. The van der Waals surface area contributed by atoms with Crippen molar-refractivity contribution in [2.24, 2.45) is 0 Å². The van der Waals surface area contributed by atoms with Gasteiger partial charge in [-0.15, -0.1) is 0 Å². The van der Waals surface area contributed by atoms with Crippen LogP contribution in [0.3, 0.4) is 0 Å². The molecule has 2 rings (SSSR count).